The number of aryl methyl sites for hydroxylation is 1. The second-order valence-corrected chi connectivity index (χ2v) is 7.99. The smallest absolute Gasteiger partial charge is 0.185 e. The summed E-state index contributed by atoms with van der Waals surface area (Å²) in [5.41, 5.74) is 6.24. The first kappa shape index (κ1) is 17.0. The van der Waals surface area contributed by atoms with Gasteiger partial charge in [0.2, 0.25) is 0 Å². The Hall–Kier alpha value is -3.11. The normalized spacial score (nSPS) is 12.2. The van der Waals surface area contributed by atoms with Crippen LogP contribution < -0.4 is 4.80 Å². The molecule has 3 aromatic carbocycles. The first-order chi connectivity index (χ1) is 13.8. The van der Waals surface area contributed by atoms with Crippen molar-refractivity contribution in [2.75, 3.05) is 6.54 Å². The van der Waals surface area contributed by atoms with Gasteiger partial charge in [-0.2, -0.15) is 0 Å². The molecule has 0 spiro atoms. The first-order valence-electron chi connectivity index (χ1n) is 9.50. The average Bonchev–Trinajstić information content (AvgIpc) is 3.30. The van der Waals surface area contributed by atoms with E-state index in [1.54, 1.807) is 11.3 Å². The van der Waals surface area contributed by atoms with Crippen LogP contribution >= 0.6 is 11.3 Å². The number of aromatic amines is 1. The van der Waals surface area contributed by atoms with Crippen LogP contribution in [0.3, 0.4) is 0 Å². The lowest BCUT2D eigenvalue weighted by molar-refractivity contribution is 0.853. The molecule has 0 saturated carbocycles. The van der Waals surface area contributed by atoms with Gasteiger partial charge in [-0.3, -0.25) is 4.99 Å². The summed E-state index contributed by atoms with van der Waals surface area (Å²) in [5.74, 6) is 0. The summed E-state index contributed by atoms with van der Waals surface area (Å²) in [5, 5.41) is 1.29. The van der Waals surface area contributed by atoms with Gasteiger partial charge in [-0.25, -0.2) is 0 Å². The van der Waals surface area contributed by atoms with Gasteiger partial charge in [0.15, 0.2) is 4.80 Å². The van der Waals surface area contributed by atoms with Crippen LogP contribution in [0, 0.1) is 0 Å². The second kappa shape index (κ2) is 7.13. The van der Waals surface area contributed by atoms with Crippen molar-refractivity contribution in [1.82, 2.24) is 9.55 Å². The van der Waals surface area contributed by atoms with Crippen molar-refractivity contribution in [2.45, 2.75) is 6.42 Å². The van der Waals surface area contributed by atoms with Crippen LogP contribution in [-0.4, -0.2) is 16.1 Å². The topological polar surface area (TPSA) is 33.1 Å². The third kappa shape index (κ3) is 3.06. The lowest BCUT2D eigenvalue weighted by atomic mass is 10.0. The van der Waals surface area contributed by atoms with Crippen molar-refractivity contribution in [1.29, 1.82) is 0 Å². The Morgan fingerprint density at radius 3 is 2.61 bits per heavy atom. The molecule has 0 bridgehead atoms. The molecule has 2 heterocycles. The third-order valence-corrected chi connectivity index (χ3v) is 6.37. The summed E-state index contributed by atoms with van der Waals surface area (Å²) in [6.07, 6.45) is 3.05. The zero-order valence-electron chi connectivity index (χ0n) is 15.7. The minimum Gasteiger partial charge on any atom is -0.361 e. The predicted molar refractivity (Wildman–Crippen MR) is 119 cm³/mol. The van der Waals surface area contributed by atoms with Gasteiger partial charge in [0.05, 0.1) is 10.2 Å². The summed E-state index contributed by atoms with van der Waals surface area (Å²) < 4.78 is 3.46. The minimum absolute atomic E-state index is 0.781. The van der Waals surface area contributed by atoms with Crippen molar-refractivity contribution in [2.24, 2.45) is 12.0 Å². The molecule has 0 aliphatic rings. The van der Waals surface area contributed by atoms with Gasteiger partial charge in [-0.05, 0) is 47.4 Å². The highest BCUT2D eigenvalue weighted by Gasteiger charge is 2.06. The Kier molecular flexibility index (Phi) is 4.34. The van der Waals surface area contributed by atoms with Crippen molar-refractivity contribution in [3.8, 4) is 11.1 Å². The van der Waals surface area contributed by atoms with Gasteiger partial charge in [-0.15, -0.1) is 0 Å². The molecule has 5 rings (SSSR count). The van der Waals surface area contributed by atoms with Crippen molar-refractivity contribution in [3.05, 3.63) is 89.4 Å². The monoisotopic (exact) mass is 383 g/mol. The van der Waals surface area contributed by atoms with Gasteiger partial charge >= 0.3 is 0 Å². The van der Waals surface area contributed by atoms with E-state index in [2.05, 4.69) is 95.6 Å². The second-order valence-electron chi connectivity index (χ2n) is 6.98. The molecule has 0 amide bonds. The molecule has 0 aliphatic heterocycles. The van der Waals surface area contributed by atoms with E-state index in [0.717, 1.165) is 17.8 Å². The standard InChI is InChI=1S/C24H21N3S/c1-27-22-9-5-6-10-23(22)28-24(27)25-14-13-19-16-26-21-12-11-18(15-20(19)21)17-7-3-2-4-8-17/h2-12,15-16,26H,13-14H2,1H3/b25-24-. The highest BCUT2D eigenvalue weighted by molar-refractivity contribution is 7.16. The van der Waals surface area contributed by atoms with E-state index >= 15 is 0 Å². The van der Waals surface area contributed by atoms with Crippen molar-refractivity contribution in [3.63, 3.8) is 0 Å². The fraction of sp³-hybridized carbons (Fsp3) is 0.125. The number of hydrogen-bond acceptors (Lipinski definition) is 2. The molecule has 0 aliphatic carbocycles. The molecule has 0 unspecified atom stereocenters. The summed E-state index contributed by atoms with van der Waals surface area (Å²) in [6, 6.07) is 25.6. The maximum atomic E-state index is 4.87. The summed E-state index contributed by atoms with van der Waals surface area (Å²) in [7, 11) is 2.09. The molecule has 2 aromatic heterocycles. The van der Waals surface area contributed by atoms with E-state index in [1.165, 1.54) is 37.8 Å². The average molecular weight is 384 g/mol. The Morgan fingerprint density at radius 1 is 0.929 bits per heavy atom. The van der Waals surface area contributed by atoms with Crippen LogP contribution in [0.2, 0.25) is 0 Å². The lowest BCUT2D eigenvalue weighted by Gasteiger charge is -2.03. The van der Waals surface area contributed by atoms with Gasteiger partial charge in [0.1, 0.15) is 0 Å². The number of nitrogens with zero attached hydrogens (tertiary/aromatic N) is 2. The molecule has 5 aromatic rings. The SMILES string of the molecule is Cn1/c(=N/CCc2c[nH]c3ccc(-c4ccccc4)cc23)sc2ccccc21. The zero-order chi connectivity index (χ0) is 18.9. The molecule has 0 radical (unpaired) electrons. The molecule has 3 nitrogen and oxygen atoms in total. The number of aromatic nitrogens is 2. The lowest BCUT2D eigenvalue weighted by Crippen LogP contribution is -2.11. The summed E-state index contributed by atoms with van der Waals surface area (Å²) in [6.45, 7) is 0.781. The van der Waals surface area contributed by atoms with Gasteiger partial charge in [0, 0.05) is 30.7 Å². The van der Waals surface area contributed by atoms with Crippen LogP contribution in [0.1, 0.15) is 5.56 Å². The van der Waals surface area contributed by atoms with Gasteiger partial charge < -0.3 is 9.55 Å². The Morgan fingerprint density at radius 2 is 1.75 bits per heavy atom. The predicted octanol–water partition coefficient (Wildman–Crippen LogP) is 5.53. The van der Waals surface area contributed by atoms with E-state index < -0.39 is 0 Å². The van der Waals surface area contributed by atoms with E-state index in [4.69, 9.17) is 4.99 Å². The molecule has 1 N–H and O–H groups in total. The third-order valence-electron chi connectivity index (χ3n) is 5.22. The Labute approximate surface area is 167 Å². The molecule has 0 fully saturated rings. The number of fused-ring (bicyclic) bond motifs is 2. The van der Waals surface area contributed by atoms with E-state index in [9.17, 15) is 0 Å². The number of para-hydroxylation sites is 1. The van der Waals surface area contributed by atoms with Crippen LogP contribution in [0.25, 0.3) is 32.2 Å². The highest BCUT2D eigenvalue weighted by atomic mass is 32.1. The number of hydrogen-bond donors (Lipinski definition) is 1. The number of rotatable bonds is 4. The first-order valence-corrected chi connectivity index (χ1v) is 10.3. The molecule has 4 heteroatoms. The number of nitrogens with one attached hydrogen (secondary N) is 1. The van der Waals surface area contributed by atoms with Crippen molar-refractivity contribution < 1.29 is 0 Å². The van der Waals surface area contributed by atoms with Crippen LogP contribution in [0.5, 0.6) is 0 Å². The van der Waals surface area contributed by atoms with Crippen LogP contribution in [0.15, 0.2) is 84.0 Å². The molecule has 138 valence electrons. The van der Waals surface area contributed by atoms with Gasteiger partial charge in [-0.1, -0.05) is 59.9 Å². The summed E-state index contributed by atoms with van der Waals surface area (Å²) >= 11 is 1.75. The number of thiazole rings is 1. The largest absolute Gasteiger partial charge is 0.361 e. The molecular weight excluding hydrogens is 362 g/mol. The Bertz CT molecular complexity index is 1320. The molecule has 0 atom stereocenters. The zero-order valence-corrected chi connectivity index (χ0v) is 16.5. The highest BCUT2D eigenvalue weighted by Crippen LogP contribution is 2.26. The maximum Gasteiger partial charge on any atom is 0.185 e. The fourth-order valence-electron chi connectivity index (χ4n) is 3.70. The van der Waals surface area contributed by atoms with Gasteiger partial charge in [0.25, 0.3) is 0 Å². The van der Waals surface area contributed by atoms with E-state index in [-0.39, 0.29) is 0 Å². The van der Waals surface area contributed by atoms with E-state index in [1.807, 2.05) is 0 Å². The molecule has 28 heavy (non-hydrogen) atoms. The Balaban J connectivity index is 1.44. The van der Waals surface area contributed by atoms with E-state index in [0.29, 0.717) is 0 Å². The quantitative estimate of drug-likeness (QED) is 0.423. The minimum atomic E-state index is 0.781. The molecular formula is C24H21N3S. The fourth-order valence-corrected chi connectivity index (χ4v) is 4.74. The number of H-pyrrole nitrogens is 1. The molecule has 0 saturated heterocycles. The van der Waals surface area contributed by atoms with Crippen molar-refractivity contribution >= 4 is 32.5 Å². The number of benzene rings is 3. The van der Waals surface area contributed by atoms with Crippen LogP contribution in [-0.2, 0) is 13.5 Å². The summed E-state index contributed by atoms with van der Waals surface area (Å²) in [4.78, 5) is 9.35. The maximum absolute atomic E-state index is 4.87. The van der Waals surface area contributed by atoms with Crippen LogP contribution in [0.4, 0.5) is 0 Å².